The number of benzene rings is 1. The van der Waals surface area contributed by atoms with Gasteiger partial charge in [-0.15, -0.1) is 0 Å². The van der Waals surface area contributed by atoms with Crippen LogP contribution in [0.25, 0.3) is 0 Å². The highest BCUT2D eigenvalue weighted by Crippen LogP contribution is 2.33. The Balaban J connectivity index is 2.48. The molecule has 6 nitrogen and oxygen atoms in total. The smallest absolute Gasteiger partial charge is 0.243 e. The first-order valence-corrected chi connectivity index (χ1v) is 8.03. The van der Waals surface area contributed by atoms with Crippen LogP contribution in [0.4, 0.5) is 4.39 Å². The van der Waals surface area contributed by atoms with Crippen molar-refractivity contribution in [2.75, 3.05) is 6.54 Å². The summed E-state index contributed by atoms with van der Waals surface area (Å²) in [6, 6.07) is 4.62. The van der Waals surface area contributed by atoms with Crippen LogP contribution in [0.1, 0.15) is 26.2 Å². The van der Waals surface area contributed by atoms with Gasteiger partial charge in [-0.1, -0.05) is 5.16 Å². The summed E-state index contributed by atoms with van der Waals surface area (Å²) in [6.45, 7) is 1.90. The molecule has 0 aliphatic carbocycles. The Morgan fingerprint density at radius 3 is 2.57 bits per heavy atom. The monoisotopic (exact) mass is 315 g/mol. The topological polar surface area (TPSA) is 96.0 Å². The van der Waals surface area contributed by atoms with Crippen molar-refractivity contribution in [1.82, 2.24) is 4.31 Å². The second-order valence-corrected chi connectivity index (χ2v) is 7.11. The zero-order valence-electron chi connectivity index (χ0n) is 11.7. The van der Waals surface area contributed by atoms with Crippen LogP contribution in [-0.2, 0) is 10.0 Å². The second-order valence-electron chi connectivity index (χ2n) is 5.25. The lowest BCUT2D eigenvalue weighted by molar-refractivity contribution is 0.206. The van der Waals surface area contributed by atoms with Crippen molar-refractivity contribution in [3.8, 4) is 0 Å². The van der Waals surface area contributed by atoms with E-state index in [1.54, 1.807) is 6.92 Å². The summed E-state index contributed by atoms with van der Waals surface area (Å²) in [4.78, 5) is -0.0113. The molecule has 1 heterocycles. The summed E-state index contributed by atoms with van der Waals surface area (Å²) in [5.74, 6) is -0.653. The van der Waals surface area contributed by atoms with E-state index >= 15 is 0 Å². The molecule has 0 radical (unpaired) electrons. The summed E-state index contributed by atoms with van der Waals surface area (Å²) >= 11 is 0. The highest BCUT2D eigenvalue weighted by molar-refractivity contribution is 7.89. The van der Waals surface area contributed by atoms with Crippen LogP contribution in [0.2, 0.25) is 0 Å². The van der Waals surface area contributed by atoms with E-state index in [2.05, 4.69) is 5.16 Å². The van der Waals surface area contributed by atoms with Crippen LogP contribution in [0.5, 0.6) is 0 Å². The maximum absolute atomic E-state index is 13.0. The number of oxime groups is 1. The molecule has 21 heavy (non-hydrogen) atoms. The van der Waals surface area contributed by atoms with Gasteiger partial charge in [-0.3, -0.25) is 0 Å². The Kier molecular flexibility index (Phi) is 4.20. The Morgan fingerprint density at radius 1 is 1.38 bits per heavy atom. The Morgan fingerprint density at radius 2 is 2.00 bits per heavy atom. The van der Waals surface area contributed by atoms with Gasteiger partial charge in [0.2, 0.25) is 10.0 Å². The lowest BCUT2D eigenvalue weighted by atomic mass is 9.90. The number of nitrogens with two attached hydrogens (primary N) is 1. The summed E-state index contributed by atoms with van der Waals surface area (Å²) < 4.78 is 39.7. The Hall–Kier alpha value is -1.67. The van der Waals surface area contributed by atoms with Gasteiger partial charge in [-0.05, 0) is 50.5 Å². The van der Waals surface area contributed by atoms with Crippen molar-refractivity contribution in [3.05, 3.63) is 30.1 Å². The molecule has 0 saturated carbocycles. The zero-order chi connectivity index (χ0) is 15.7. The molecular weight excluding hydrogens is 297 g/mol. The number of hydrogen-bond acceptors (Lipinski definition) is 4. The third-order valence-electron chi connectivity index (χ3n) is 3.89. The quantitative estimate of drug-likeness (QED) is 0.382. The number of nitrogens with zero attached hydrogens (tertiary/aromatic N) is 2. The van der Waals surface area contributed by atoms with Crippen molar-refractivity contribution < 1.29 is 18.0 Å². The summed E-state index contributed by atoms with van der Waals surface area (Å²) in [5.41, 5.74) is 4.62. The SMILES string of the molecule is C[C@@]1(/C(N)=N/O)CCCCN1S(=O)(=O)c1ccc(F)cc1. The van der Waals surface area contributed by atoms with E-state index in [0.29, 0.717) is 12.8 Å². The lowest BCUT2D eigenvalue weighted by Crippen LogP contribution is -2.59. The predicted molar refractivity (Wildman–Crippen MR) is 76.0 cm³/mol. The highest BCUT2D eigenvalue weighted by Gasteiger charge is 2.45. The normalized spacial score (nSPS) is 25.0. The zero-order valence-corrected chi connectivity index (χ0v) is 12.5. The van der Waals surface area contributed by atoms with Crippen molar-refractivity contribution in [1.29, 1.82) is 0 Å². The fourth-order valence-electron chi connectivity index (χ4n) is 2.58. The molecule has 8 heteroatoms. The van der Waals surface area contributed by atoms with Crippen LogP contribution in [0.15, 0.2) is 34.3 Å². The van der Waals surface area contributed by atoms with Crippen molar-refractivity contribution in [2.45, 2.75) is 36.6 Å². The van der Waals surface area contributed by atoms with Gasteiger partial charge < -0.3 is 10.9 Å². The van der Waals surface area contributed by atoms with Gasteiger partial charge in [0.05, 0.1) is 10.4 Å². The van der Waals surface area contributed by atoms with E-state index in [9.17, 15) is 12.8 Å². The van der Waals surface area contributed by atoms with Gasteiger partial charge in [-0.25, -0.2) is 12.8 Å². The molecule has 1 fully saturated rings. The van der Waals surface area contributed by atoms with Gasteiger partial charge in [0.25, 0.3) is 0 Å². The van der Waals surface area contributed by atoms with E-state index < -0.39 is 21.4 Å². The van der Waals surface area contributed by atoms with Gasteiger partial charge in [0.1, 0.15) is 5.82 Å². The Labute approximate surface area is 123 Å². The fourth-order valence-corrected chi connectivity index (χ4v) is 4.40. The van der Waals surface area contributed by atoms with E-state index in [0.717, 1.165) is 18.6 Å². The fraction of sp³-hybridized carbons (Fsp3) is 0.462. The minimum Gasteiger partial charge on any atom is -0.409 e. The second kappa shape index (κ2) is 5.61. The van der Waals surface area contributed by atoms with E-state index in [1.807, 2.05) is 0 Å². The van der Waals surface area contributed by atoms with Crippen molar-refractivity contribution >= 4 is 15.9 Å². The number of rotatable bonds is 3. The van der Waals surface area contributed by atoms with Gasteiger partial charge in [-0.2, -0.15) is 4.31 Å². The maximum Gasteiger partial charge on any atom is 0.243 e. The average molecular weight is 315 g/mol. The molecule has 1 saturated heterocycles. The number of halogens is 1. The molecule has 0 spiro atoms. The maximum atomic E-state index is 13.0. The van der Waals surface area contributed by atoms with E-state index in [4.69, 9.17) is 10.9 Å². The number of sulfonamides is 1. The van der Waals surface area contributed by atoms with Crippen molar-refractivity contribution in [3.63, 3.8) is 0 Å². The van der Waals surface area contributed by atoms with Crippen LogP contribution in [0.3, 0.4) is 0 Å². The van der Waals surface area contributed by atoms with Gasteiger partial charge in [0.15, 0.2) is 5.84 Å². The molecule has 0 bridgehead atoms. The molecule has 0 unspecified atom stereocenters. The summed E-state index contributed by atoms with van der Waals surface area (Å²) in [6.07, 6.45) is 1.93. The van der Waals surface area contributed by atoms with Crippen LogP contribution in [0, 0.1) is 5.82 Å². The third kappa shape index (κ3) is 2.73. The Bertz CT molecular complexity index is 645. The summed E-state index contributed by atoms with van der Waals surface area (Å²) in [5, 5.41) is 11.9. The first kappa shape index (κ1) is 15.7. The van der Waals surface area contributed by atoms with E-state index in [1.165, 1.54) is 16.4 Å². The van der Waals surface area contributed by atoms with Gasteiger partial charge in [0, 0.05) is 6.54 Å². The average Bonchev–Trinajstić information content (AvgIpc) is 2.47. The molecular formula is C13H18FN3O3S. The number of piperidine rings is 1. The molecule has 116 valence electrons. The molecule has 3 N–H and O–H groups in total. The van der Waals surface area contributed by atoms with Gasteiger partial charge >= 0.3 is 0 Å². The van der Waals surface area contributed by atoms with Crippen molar-refractivity contribution in [2.24, 2.45) is 10.9 Å². The first-order valence-electron chi connectivity index (χ1n) is 6.59. The summed E-state index contributed by atoms with van der Waals surface area (Å²) in [7, 11) is -3.85. The highest BCUT2D eigenvalue weighted by atomic mass is 32.2. The first-order chi connectivity index (χ1) is 9.82. The minimum atomic E-state index is -3.85. The standard InChI is InChI=1S/C13H18FN3O3S/c1-13(12(15)16-18)8-2-3-9-17(13)21(19,20)11-6-4-10(14)5-7-11/h4-7,18H,2-3,8-9H2,1H3,(H2,15,16)/t13-/m0/s1. The molecule has 1 aliphatic heterocycles. The molecule has 2 rings (SSSR count). The largest absolute Gasteiger partial charge is 0.409 e. The minimum absolute atomic E-state index is 0.0113. The van der Waals surface area contributed by atoms with E-state index in [-0.39, 0.29) is 17.3 Å². The third-order valence-corrected chi connectivity index (χ3v) is 5.92. The van der Waals surface area contributed by atoms with Crippen LogP contribution in [-0.4, -0.2) is 35.8 Å². The molecule has 1 aromatic carbocycles. The molecule has 1 atom stereocenters. The van der Waals surface area contributed by atoms with Crippen LogP contribution < -0.4 is 5.73 Å². The molecule has 1 aromatic rings. The number of hydrogen-bond donors (Lipinski definition) is 2. The number of amidine groups is 1. The molecule has 0 aromatic heterocycles. The lowest BCUT2D eigenvalue weighted by Gasteiger charge is -2.42. The van der Waals surface area contributed by atoms with Crippen LogP contribution >= 0.6 is 0 Å². The predicted octanol–water partition coefficient (Wildman–Crippen LogP) is 1.51. The molecule has 1 aliphatic rings. The molecule has 0 amide bonds.